The molecule has 0 saturated carbocycles. The molecular formula is C32H40ClN3O5S. The predicted octanol–water partition coefficient (Wildman–Crippen LogP) is 5.88. The fourth-order valence-electron chi connectivity index (χ4n) is 4.43. The van der Waals surface area contributed by atoms with Crippen molar-refractivity contribution in [3.8, 4) is 5.75 Å². The van der Waals surface area contributed by atoms with Crippen molar-refractivity contribution >= 4 is 39.1 Å². The molecule has 0 aromatic heterocycles. The summed E-state index contributed by atoms with van der Waals surface area (Å²) in [7, 11) is -2.63. The van der Waals surface area contributed by atoms with Crippen LogP contribution in [0, 0.1) is 13.8 Å². The number of nitrogens with zero attached hydrogens (tertiary/aromatic N) is 2. The van der Waals surface area contributed by atoms with E-state index in [0.29, 0.717) is 17.2 Å². The quantitative estimate of drug-likeness (QED) is 0.260. The highest BCUT2D eigenvalue weighted by molar-refractivity contribution is 7.92. The van der Waals surface area contributed by atoms with E-state index in [0.717, 1.165) is 27.4 Å². The Labute approximate surface area is 254 Å². The number of anilines is 1. The number of hydrogen-bond acceptors (Lipinski definition) is 5. The number of halogens is 1. The Morgan fingerprint density at radius 2 is 1.67 bits per heavy atom. The SMILES string of the molecule is CC[C@@H](C)NC(=O)[C@@H](CC)N(Cc1cccc(OC)c1)C(=O)CN(c1ccc(C)c(Cl)c1)S(=O)(=O)c1ccc(C)cc1. The maximum atomic E-state index is 14.2. The van der Waals surface area contributed by atoms with E-state index in [1.54, 1.807) is 49.6 Å². The van der Waals surface area contributed by atoms with Crippen molar-refractivity contribution in [3.05, 3.63) is 88.4 Å². The average molecular weight is 614 g/mol. The predicted molar refractivity (Wildman–Crippen MR) is 167 cm³/mol. The summed E-state index contributed by atoms with van der Waals surface area (Å²) in [5.41, 5.74) is 2.66. The lowest BCUT2D eigenvalue weighted by atomic mass is 10.1. The number of methoxy groups -OCH3 is 1. The van der Waals surface area contributed by atoms with Crippen LogP contribution in [0.4, 0.5) is 5.69 Å². The molecule has 10 heteroatoms. The zero-order chi connectivity index (χ0) is 31.0. The minimum Gasteiger partial charge on any atom is -0.497 e. The standard InChI is InChI=1S/C32H40ClN3O5S/c1-7-24(5)34-32(38)30(8-2)35(20-25-10-9-11-27(18-25)41-6)31(37)21-36(26-15-14-23(4)29(33)19-26)42(39,40)28-16-12-22(3)13-17-28/h9-19,24,30H,7-8,20-21H2,1-6H3,(H,34,38)/t24-,30-/m1/s1. The number of benzene rings is 3. The number of nitrogens with one attached hydrogen (secondary N) is 1. The normalized spacial score (nSPS) is 12.7. The second kappa shape index (κ2) is 14.6. The van der Waals surface area contributed by atoms with Crippen molar-refractivity contribution in [2.75, 3.05) is 18.0 Å². The van der Waals surface area contributed by atoms with Gasteiger partial charge in [-0.1, -0.05) is 61.3 Å². The lowest BCUT2D eigenvalue weighted by molar-refractivity contribution is -0.140. The van der Waals surface area contributed by atoms with E-state index >= 15 is 0 Å². The summed E-state index contributed by atoms with van der Waals surface area (Å²) in [6.45, 7) is 8.91. The molecular weight excluding hydrogens is 574 g/mol. The van der Waals surface area contributed by atoms with Crippen molar-refractivity contribution in [2.24, 2.45) is 0 Å². The second-order valence-electron chi connectivity index (χ2n) is 10.4. The van der Waals surface area contributed by atoms with Gasteiger partial charge in [0.2, 0.25) is 11.8 Å². The lowest BCUT2D eigenvalue weighted by Crippen LogP contribution is -2.53. The van der Waals surface area contributed by atoms with Gasteiger partial charge in [-0.05, 0) is 81.1 Å². The molecule has 0 radical (unpaired) electrons. The molecule has 0 aliphatic heterocycles. The third-order valence-corrected chi connectivity index (χ3v) is 9.40. The molecule has 0 unspecified atom stereocenters. The van der Waals surface area contributed by atoms with Crippen molar-refractivity contribution < 1.29 is 22.7 Å². The Kier molecular flexibility index (Phi) is 11.4. The molecule has 0 spiro atoms. The maximum absolute atomic E-state index is 14.2. The molecule has 0 aliphatic rings. The van der Waals surface area contributed by atoms with Crippen LogP contribution in [0.1, 0.15) is 50.3 Å². The summed E-state index contributed by atoms with van der Waals surface area (Å²) in [6, 6.07) is 17.6. The first-order valence-corrected chi connectivity index (χ1v) is 15.8. The molecule has 8 nitrogen and oxygen atoms in total. The fourth-order valence-corrected chi connectivity index (χ4v) is 6.01. The van der Waals surface area contributed by atoms with Gasteiger partial charge < -0.3 is 15.0 Å². The van der Waals surface area contributed by atoms with Gasteiger partial charge in [-0.25, -0.2) is 8.42 Å². The van der Waals surface area contributed by atoms with Gasteiger partial charge in [0.15, 0.2) is 0 Å². The minimum atomic E-state index is -4.18. The van der Waals surface area contributed by atoms with E-state index in [9.17, 15) is 18.0 Å². The van der Waals surface area contributed by atoms with E-state index < -0.39 is 28.5 Å². The highest BCUT2D eigenvalue weighted by Crippen LogP contribution is 2.29. The van der Waals surface area contributed by atoms with E-state index in [1.165, 1.54) is 23.1 Å². The van der Waals surface area contributed by atoms with Crippen molar-refractivity contribution in [2.45, 2.75) is 71.0 Å². The molecule has 2 atom stereocenters. The molecule has 0 fully saturated rings. The Morgan fingerprint density at radius 1 is 0.976 bits per heavy atom. The van der Waals surface area contributed by atoms with Gasteiger partial charge in [0.1, 0.15) is 18.3 Å². The van der Waals surface area contributed by atoms with Gasteiger partial charge in [0, 0.05) is 17.6 Å². The first kappa shape index (κ1) is 32.9. The van der Waals surface area contributed by atoms with Crippen molar-refractivity contribution in [3.63, 3.8) is 0 Å². The molecule has 0 bridgehead atoms. The number of ether oxygens (including phenoxy) is 1. The third-order valence-electron chi connectivity index (χ3n) is 7.21. The summed E-state index contributed by atoms with van der Waals surface area (Å²) in [5, 5.41) is 3.35. The number of amides is 2. The molecule has 2 amide bonds. The maximum Gasteiger partial charge on any atom is 0.264 e. The zero-order valence-corrected chi connectivity index (χ0v) is 26.6. The Bertz CT molecular complexity index is 1490. The van der Waals surface area contributed by atoms with Gasteiger partial charge >= 0.3 is 0 Å². The number of carbonyl (C=O) groups excluding carboxylic acids is 2. The smallest absolute Gasteiger partial charge is 0.264 e. The van der Waals surface area contributed by atoms with Gasteiger partial charge in [-0.3, -0.25) is 13.9 Å². The molecule has 1 N–H and O–H groups in total. The van der Waals surface area contributed by atoms with Gasteiger partial charge in [-0.2, -0.15) is 0 Å². The summed E-state index contributed by atoms with van der Waals surface area (Å²) < 4.78 is 34.4. The summed E-state index contributed by atoms with van der Waals surface area (Å²) in [5.74, 6) is -0.222. The van der Waals surface area contributed by atoms with Gasteiger partial charge in [-0.15, -0.1) is 0 Å². The molecule has 226 valence electrons. The number of carbonyl (C=O) groups is 2. The van der Waals surface area contributed by atoms with Crippen LogP contribution < -0.4 is 14.4 Å². The van der Waals surface area contributed by atoms with Crippen LogP contribution in [-0.2, 0) is 26.2 Å². The first-order chi connectivity index (χ1) is 19.9. The Hall–Kier alpha value is -3.56. The van der Waals surface area contributed by atoms with Crippen LogP contribution in [0.5, 0.6) is 5.75 Å². The van der Waals surface area contributed by atoms with Crippen LogP contribution in [0.2, 0.25) is 5.02 Å². The van der Waals surface area contributed by atoms with Crippen LogP contribution >= 0.6 is 11.6 Å². The topological polar surface area (TPSA) is 96.0 Å². The van der Waals surface area contributed by atoms with Crippen LogP contribution in [0.25, 0.3) is 0 Å². The van der Waals surface area contributed by atoms with Crippen LogP contribution in [0.3, 0.4) is 0 Å². The zero-order valence-electron chi connectivity index (χ0n) is 25.1. The number of rotatable bonds is 13. The average Bonchev–Trinajstić information content (AvgIpc) is 2.97. The summed E-state index contributed by atoms with van der Waals surface area (Å²) in [6.07, 6.45) is 1.06. The Balaban J connectivity index is 2.09. The van der Waals surface area contributed by atoms with Gasteiger partial charge in [0.25, 0.3) is 10.0 Å². The van der Waals surface area contributed by atoms with Gasteiger partial charge in [0.05, 0.1) is 17.7 Å². The van der Waals surface area contributed by atoms with Crippen molar-refractivity contribution in [1.29, 1.82) is 0 Å². The molecule has 0 heterocycles. The number of aryl methyl sites for hydroxylation is 2. The molecule has 3 rings (SSSR count). The molecule has 0 aliphatic carbocycles. The van der Waals surface area contributed by atoms with E-state index in [2.05, 4.69) is 5.32 Å². The highest BCUT2D eigenvalue weighted by Gasteiger charge is 2.34. The summed E-state index contributed by atoms with van der Waals surface area (Å²) in [4.78, 5) is 29.1. The minimum absolute atomic E-state index is 0.0403. The molecule has 3 aromatic rings. The number of hydrogen-bond donors (Lipinski definition) is 1. The largest absolute Gasteiger partial charge is 0.497 e. The van der Waals surface area contributed by atoms with Crippen LogP contribution in [0.15, 0.2) is 71.6 Å². The monoisotopic (exact) mass is 613 g/mol. The first-order valence-electron chi connectivity index (χ1n) is 14.0. The third kappa shape index (κ3) is 8.04. The van der Waals surface area contributed by atoms with Crippen molar-refractivity contribution in [1.82, 2.24) is 10.2 Å². The molecule has 0 saturated heterocycles. The fraction of sp³-hybridized carbons (Fsp3) is 0.375. The van der Waals surface area contributed by atoms with Crippen LogP contribution in [-0.4, -0.2) is 50.9 Å². The molecule has 42 heavy (non-hydrogen) atoms. The van der Waals surface area contributed by atoms with E-state index in [4.69, 9.17) is 16.3 Å². The van der Waals surface area contributed by atoms with E-state index in [-0.39, 0.29) is 29.1 Å². The molecule has 3 aromatic carbocycles. The second-order valence-corrected chi connectivity index (χ2v) is 12.6. The summed E-state index contributed by atoms with van der Waals surface area (Å²) >= 11 is 6.40. The number of sulfonamides is 1. The lowest BCUT2D eigenvalue weighted by Gasteiger charge is -2.34. The van der Waals surface area contributed by atoms with E-state index in [1.807, 2.05) is 40.7 Å². The Morgan fingerprint density at radius 3 is 2.26 bits per heavy atom. The highest BCUT2D eigenvalue weighted by atomic mass is 35.5.